The van der Waals surface area contributed by atoms with Crippen LogP contribution in [0.1, 0.15) is 36.7 Å². The van der Waals surface area contributed by atoms with Gasteiger partial charge in [0.1, 0.15) is 6.54 Å². The summed E-state index contributed by atoms with van der Waals surface area (Å²) in [5, 5.41) is 2.08. The van der Waals surface area contributed by atoms with E-state index in [0.29, 0.717) is 29.7 Å². The van der Waals surface area contributed by atoms with Crippen molar-refractivity contribution in [2.75, 3.05) is 25.1 Å². The second-order valence-corrected chi connectivity index (χ2v) is 8.86. The smallest absolute Gasteiger partial charge is 0.339 e. The molecule has 1 fully saturated rings. The molecule has 0 spiro atoms. The minimum atomic E-state index is -0.648. The Bertz CT molecular complexity index is 1290. The zero-order valence-electron chi connectivity index (χ0n) is 20.2. The van der Waals surface area contributed by atoms with Crippen LogP contribution >= 0.6 is 23.4 Å². The Morgan fingerprint density at radius 2 is 1.81 bits per heavy atom. The van der Waals surface area contributed by atoms with Crippen molar-refractivity contribution in [3.63, 3.8) is 0 Å². The predicted octanol–water partition coefficient (Wildman–Crippen LogP) is 4.52. The molecule has 1 aliphatic rings. The van der Waals surface area contributed by atoms with Crippen molar-refractivity contribution >= 4 is 64.1 Å². The third-order valence-electron chi connectivity index (χ3n) is 4.74. The monoisotopic (exact) mass is 546 g/mol. The molecule has 12 heteroatoms. The Hall–Kier alpha value is -3.83. The van der Waals surface area contributed by atoms with E-state index in [1.165, 1.54) is 37.3 Å². The minimum Gasteiger partial charge on any atom is -0.490 e. The highest BCUT2D eigenvalue weighted by Gasteiger charge is 2.36. The maximum absolute atomic E-state index is 12.8. The molecule has 1 aliphatic heterocycles. The highest BCUT2D eigenvalue weighted by Crippen LogP contribution is 2.35. The fourth-order valence-electron chi connectivity index (χ4n) is 3.22. The molecule has 2 aromatic carbocycles. The summed E-state index contributed by atoms with van der Waals surface area (Å²) < 4.78 is 15.5. The highest BCUT2D eigenvalue weighted by molar-refractivity contribution is 8.18. The molecule has 3 amide bonds. The number of imide groups is 1. The molecule has 37 heavy (non-hydrogen) atoms. The number of ether oxygens (including phenoxy) is 3. The Morgan fingerprint density at radius 3 is 2.49 bits per heavy atom. The third-order valence-corrected chi connectivity index (χ3v) is 5.98. The first kappa shape index (κ1) is 27.8. The van der Waals surface area contributed by atoms with Crippen LogP contribution in [0.5, 0.6) is 11.5 Å². The minimum absolute atomic E-state index is 0.0709. The second-order valence-electron chi connectivity index (χ2n) is 7.46. The molecule has 0 saturated carbocycles. The number of hydrogen-bond acceptors (Lipinski definition) is 9. The average Bonchev–Trinajstić information content (AvgIpc) is 3.09. The van der Waals surface area contributed by atoms with Crippen molar-refractivity contribution in [1.82, 2.24) is 4.90 Å². The van der Waals surface area contributed by atoms with Crippen molar-refractivity contribution < 1.29 is 38.2 Å². The average molecular weight is 547 g/mol. The maximum Gasteiger partial charge on any atom is 0.339 e. The number of nitrogens with one attached hydrogen (secondary N) is 1. The van der Waals surface area contributed by atoms with Gasteiger partial charge in [-0.2, -0.15) is 0 Å². The number of carbonyl (C=O) groups excluding carboxylic acids is 5. The van der Waals surface area contributed by atoms with Gasteiger partial charge in [-0.15, -0.1) is 0 Å². The third kappa shape index (κ3) is 7.11. The molecule has 2 aromatic rings. The second kappa shape index (κ2) is 12.4. The number of esters is 2. The van der Waals surface area contributed by atoms with Gasteiger partial charge in [0.15, 0.2) is 11.5 Å². The largest absolute Gasteiger partial charge is 0.490 e. The van der Waals surface area contributed by atoms with E-state index in [1.807, 2.05) is 0 Å². The number of hydrogen-bond donors (Lipinski definition) is 1. The zero-order chi connectivity index (χ0) is 27.1. The van der Waals surface area contributed by atoms with Crippen molar-refractivity contribution in [1.29, 1.82) is 0 Å². The first-order valence-electron chi connectivity index (χ1n) is 11.1. The molecule has 3 rings (SSSR count). The number of halogens is 1. The number of anilines is 1. The van der Waals surface area contributed by atoms with Crippen LogP contribution in [0, 0.1) is 0 Å². The molecule has 0 bridgehead atoms. The summed E-state index contributed by atoms with van der Waals surface area (Å²) >= 11 is 6.72. The van der Waals surface area contributed by atoms with Crippen LogP contribution in [0.4, 0.5) is 10.5 Å². The standard InChI is InChI=1S/C25H23ClN2O8S/c1-4-34-20-10-15(6-9-19(20)36-14(3)29)11-21-23(31)28(25(33)37-21)13-22(30)27-16-7-8-18(26)17(12-16)24(32)35-5-2/h6-12H,4-5,13H2,1-3H3,(H,27,30)/b21-11+. The Labute approximate surface area is 221 Å². The number of nitrogens with zero attached hydrogens (tertiary/aromatic N) is 1. The van der Waals surface area contributed by atoms with Crippen molar-refractivity contribution in [2.24, 2.45) is 0 Å². The Morgan fingerprint density at radius 1 is 1.05 bits per heavy atom. The van der Waals surface area contributed by atoms with Crippen LogP contribution in [0.3, 0.4) is 0 Å². The molecule has 10 nitrogen and oxygen atoms in total. The van der Waals surface area contributed by atoms with Gasteiger partial charge in [0.25, 0.3) is 11.1 Å². The highest BCUT2D eigenvalue weighted by atomic mass is 35.5. The van der Waals surface area contributed by atoms with E-state index in [-0.39, 0.29) is 33.5 Å². The zero-order valence-corrected chi connectivity index (χ0v) is 21.7. The van der Waals surface area contributed by atoms with Gasteiger partial charge < -0.3 is 19.5 Å². The van der Waals surface area contributed by atoms with E-state index in [1.54, 1.807) is 26.0 Å². The summed E-state index contributed by atoms with van der Waals surface area (Å²) in [4.78, 5) is 62.1. The number of thioether (sulfide) groups is 1. The summed E-state index contributed by atoms with van der Waals surface area (Å²) in [5.41, 5.74) is 0.847. The lowest BCUT2D eigenvalue weighted by Gasteiger charge is -2.13. The van der Waals surface area contributed by atoms with Crippen molar-refractivity contribution in [3.8, 4) is 11.5 Å². The Kier molecular flexibility index (Phi) is 9.31. The SMILES string of the molecule is CCOC(=O)c1cc(NC(=O)CN2C(=O)S/C(=C/c3ccc(OC(C)=O)c(OCC)c3)C2=O)ccc1Cl. The van der Waals surface area contributed by atoms with E-state index in [2.05, 4.69) is 5.32 Å². The van der Waals surface area contributed by atoms with Crippen molar-refractivity contribution in [2.45, 2.75) is 20.8 Å². The molecule has 194 valence electrons. The predicted molar refractivity (Wildman–Crippen MR) is 138 cm³/mol. The molecule has 1 N–H and O–H groups in total. The van der Waals surface area contributed by atoms with Crippen LogP contribution in [0.25, 0.3) is 6.08 Å². The normalized spacial score (nSPS) is 14.1. The lowest BCUT2D eigenvalue weighted by Crippen LogP contribution is -2.36. The summed E-state index contributed by atoms with van der Waals surface area (Å²) in [7, 11) is 0. The number of carbonyl (C=O) groups is 5. The molecule has 0 aliphatic carbocycles. The van der Waals surface area contributed by atoms with Crippen LogP contribution in [0.2, 0.25) is 5.02 Å². The van der Waals surface area contributed by atoms with Gasteiger partial charge in [0.05, 0.1) is 28.7 Å². The van der Waals surface area contributed by atoms with Gasteiger partial charge in [-0.3, -0.25) is 24.1 Å². The summed E-state index contributed by atoms with van der Waals surface area (Å²) in [6, 6.07) is 8.95. The lowest BCUT2D eigenvalue weighted by atomic mass is 10.2. The van der Waals surface area contributed by atoms with Gasteiger partial charge in [-0.05, 0) is 67.6 Å². The topological polar surface area (TPSA) is 128 Å². The van der Waals surface area contributed by atoms with E-state index in [0.717, 1.165) is 4.90 Å². The molecule has 0 atom stereocenters. The first-order chi connectivity index (χ1) is 17.6. The molecular weight excluding hydrogens is 524 g/mol. The van der Waals surface area contributed by atoms with Gasteiger partial charge in [-0.1, -0.05) is 17.7 Å². The van der Waals surface area contributed by atoms with E-state index in [9.17, 15) is 24.0 Å². The van der Waals surface area contributed by atoms with Gasteiger partial charge in [0, 0.05) is 12.6 Å². The van der Waals surface area contributed by atoms with Gasteiger partial charge >= 0.3 is 11.9 Å². The number of rotatable bonds is 9. The lowest BCUT2D eigenvalue weighted by molar-refractivity contribution is -0.132. The molecular formula is C25H23ClN2O8S. The molecule has 0 aromatic heterocycles. The summed E-state index contributed by atoms with van der Waals surface area (Å²) in [6.07, 6.45) is 1.48. The summed E-state index contributed by atoms with van der Waals surface area (Å²) in [6.45, 7) is 4.62. The summed E-state index contributed by atoms with van der Waals surface area (Å²) in [5.74, 6) is -1.92. The quantitative estimate of drug-likeness (QED) is 0.274. The Balaban J connectivity index is 1.72. The van der Waals surface area contributed by atoms with Crippen molar-refractivity contribution in [3.05, 3.63) is 57.5 Å². The van der Waals surface area contributed by atoms with Crippen LogP contribution in [-0.4, -0.2) is 53.7 Å². The van der Waals surface area contributed by atoms with Crippen LogP contribution in [0.15, 0.2) is 41.3 Å². The van der Waals surface area contributed by atoms with E-state index in [4.69, 9.17) is 25.8 Å². The maximum atomic E-state index is 12.8. The van der Waals surface area contributed by atoms with Gasteiger partial charge in [0.2, 0.25) is 5.91 Å². The van der Waals surface area contributed by atoms with E-state index >= 15 is 0 Å². The number of benzene rings is 2. The first-order valence-corrected chi connectivity index (χ1v) is 12.3. The molecule has 1 saturated heterocycles. The molecule has 0 radical (unpaired) electrons. The number of amides is 3. The van der Waals surface area contributed by atoms with E-state index < -0.39 is 35.5 Å². The molecule has 0 unspecified atom stereocenters. The van der Waals surface area contributed by atoms with Gasteiger partial charge in [-0.25, -0.2) is 4.79 Å². The van der Waals surface area contributed by atoms with Crippen LogP contribution in [-0.2, 0) is 19.1 Å². The fraction of sp³-hybridized carbons (Fsp3) is 0.240. The fourth-order valence-corrected chi connectivity index (χ4v) is 4.25. The molecule has 1 heterocycles. The van der Waals surface area contributed by atoms with Crippen LogP contribution < -0.4 is 14.8 Å².